The van der Waals surface area contributed by atoms with Gasteiger partial charge in [0.25, 0.3) is 0 Å². The zero-order valence-electron chi connectivity index (χ0n) is 9.73. The maximum Gasteiger partial charge on any atom is 0.0875 e. The maximum absolute atomic E-state index is 5.54. The summed E-state index contributed by atoms with van der Waals surface area (Å²) < 4.78 is 5.54. The van der Waals surface area contributed by atoms with Crippen LogP contribution < -0.4 is 0 Å². The van der Waals surface area contributed by atoms with E-state index in [-0.39, 0.29) is 6.10 Å². The molecule has 1 aromatic carbocycles. The molecule has 1 unspecified atom stereocenters. The average molecular weight is 215 g/mol. The van der Waals surface area contributed by atoms with Gasteiger partial charge in [0.2, 0.25) is 0 Å². The van der Waals surface area contributed by atoms with Gasteiger partial charge in [0.1, 0.15) is 0 Å². The molecule has 0 bridgehead atoms. The molecule has 0 radical (unpaired) electrons. The topological polar surface area (TPSA) is 25.0 Å². The summed E-state index contributed by atoms with van der Waals surface area (Å²) in [6.07, 6.45) is 2.99. The molecule has 2 nitrogen and oxygen atoms in total. The minimum Gasteiger partial charge on any atom is -0.376 e. The minimum absolute atomic E-state index is 0.124. The summed E-state index contributed by atoms with van der Waals surface area (Å²) >= 11 is 0. The van der Waals surface area contributed by atoms with Crippen molar-refractivity contribution in [2.75, 3.05) is 7.11 Å². The van der Waals surface area contributed by atoms with Crippen LogP contribution in [0.25, 0.3) is 0 Å². The van der Waals surface area contributed by atoms with Crippen molar-refractivity contribution in [1.29, 1.82) is 0 Å². The molecule has 0 spiro atoms. The molecular formula is C14H17NO. The van der Waals surface area contributed by atoms with Crippen LogP contribution in [0, 0.1) is 6.92 Å². The normalized spacial score (nSPS) is 12.6. The molecule has 2 rings (SSSR count). The second kappa shape index (κ2) is 4.99. The highest BCUT2D eigenvalue weighted by Gasteiger charge is 2.12. The Balaban J connectivity index is 2.16. The first-order chi connectivity index (χ1) is 7.81. The fraction of sp³-hybridized carbons (Fsp3) is 0.286. The molecule has 0 aliphatic carbocycles. The third kappa shape index (κ3) is 2.34. The van der Waals surface area contributed by atoms with E-state index in [0.29, 0.717) is 0 Å². The van der Waals surface area contributed by atoms with Crippen LogP contribution in [-0.4, -0.2) is 12.1 Å². The lowest BCUT2D eigenvalue weighted by Crippen LogP contribution is -2.06. The van der Waals surface area contributed by atoms with Crippen LogP contribution >= 0.6 is 0 Å². The lowest BCUT2D eigenvalue weighted by molar-refractivity contribution is 0.103. The Morgan fingerprint density at radius 3 is 2.50 bits per heavy atom. The zero-order valence-corrected chi connectivity index (χ0v) is 9.73. The lowest BCUT2D eigenvalue weighted by Gasteiger charge is -2.15. The van der Waals surface area contributed by atoms with Gasteiger partial charge in [-0.1, -0.05) is 30.3 Å². The second-order valence-corrected chi connectivity index (χ2v) is 3.98. The van der Waals surface area contributed by atoms with Crippen LogP contribution in [-0.2, 0) is 11.2 Å². The van der Waals surface area contributed by atoms with Gasteiger partial charge in [-0.2, -0.15) is 0 Å². The molecule has 84 valence electrons. The first kappa shape index (κ1) is 11.0. The van der Waals surface area contributed by atoms with E-state index in [1.54, 1.807) is 7.11 Å². The number of benzene rings is 1. The molecule has 0 amide bonds. The van der Waals surface area contributed by atoms with Gasteiger partial charge in [0.15, 0.2) is 0 Å². The summed E-state index contributed by atoms with van der Waals surface area (Å²) in [5, 5.41) is 0. The van der Waals surface area contributed by atoms with Crippen molar-refractivity contribution in [3.8, 4) is 0 Å². The zero-order chi connectivity index (χ0) is 11.4. The van der Waals surface area contributed by atoms with E-state index in [9.17, 15) is 0 Å². The number of aromatic amines is 1. The molecule has 0 saturated carbocycles. The van der Waals surface area contributed by atoms with Crippen molar-refractivity contribution in [3.63, 3.8) is 0 Å². The highest BCUT2D eigenvalue weighted by atomic mass is 16.5. The second-order valence-electron chi connectivity index (χ2n) is 3.98. The number of aryl methyl sites for hydroxylation is 1. The number of methoxy groups -OCH3 is 1. The summed E-state index contributed by atoms with van der Waals surface area (Å²) in [6, 6.07) is 12.4. The molecular weight excluding hydrogens is 198 g/mol. The van der Waals surface area contributed by atoms with Crippen LogP contribution in [0.1, 0.15) is 22.9 Å². The first-order valence-corrected chi connectivity index (χ1v) is 5.52. The fourth-order valence-electron chi connectivity index (χ4n) is 1.89. The third-order valence-corrected chi connectivity index (χ3v) is 2.91. The summed E-state index contributed by atoms with van der Waals surface area (Å²) in [5.41, 5.74) is 3.76. The largest absolute Gasteiger partial charge is 0.376 e. The first-order valence-electron chi connectivity index (χ1n) is 5.52. The van der Waals surface area contributed by atoms with E-state index in [4.69, 9.17) is 4.74 Å². The molecule has 2 heteroatoms. The Morgan fingerprint density at radius 2 is 1.94 bits per heavy atom. The van der Waals surface area contributed by atoms with Crippen molar-refractivity contribution in [2.24, 2.45) is 0 Å². The van der Waals surface area contributed by atoms with E-state index in [1.165, 1.54) is 16.8 Å². The SMILES string of the molecule is COC(Cc1[nH]ccc1C)c1ccccc1. The summed E-state index contributed by atoms with van der Waals surface area (Å²) in [4.78, 5) is 3.26. The number of aromatic nitrogens is 1. The van der Waals surface area contributed by atoms with E-state index < -0.39 is 0 Å². The Kier molecular flexibility index (Phi) is 3.42. The number of hydrogen-bond donors (Lipinski definition) is 1. The van der Waals surface area contributed by atoms with Crippen molar-refractivity contribution in [1.82, 2.24) is 4.98 Å². The summed E-state index contributed by atoms with van der Waals surface area (Å²) in [5.74, 6) is 0. The fourth-order valence-corrected chi connectivity index (χ4v) is 1.89. The van der Waals surface area contributed by atoms with Crippen LogP contribution in [0.4, 0.5) is 0 Å². The van der Waals surface area contributed by atoms with Gasteiger partial charge in [-0.15, -0.1) is 0 Å². The molecule has 0 saturated heterocycles. The van der Waals surface area contributed by atoms with E-state index in [2.05, 4.69) is 30.1 Å². The van der Waals surface area contributed by atoms with E-state index in [1.807, 2.05) is 24.4 Å². The Hall–Kier alpha value is -1.54. The van der Waals surface area contributed by atoms with Crippen LogP contribution in [0.15, 0.2) is 42.6 Å². The van der Waals surface area contributed by atoms with Gasteiger partial charge in [-0.25, -0.2) is 0 Å². The number of H-pyrrole nitrogens is 1. The summed E-state index contributed by atoms with van der Waals surface area (Å²) in [7, 11) is 1.76. The quantitative estimate of drug-likeness (QED) is 0.832. The molecule has 1 heterocycles. The van der Waals surface area contributed by atoms with Gasteiger partial charge in [-0.3, -0.25) is 0 Å². The third-order valence-electron chi connectivity index (χ3n) is 2.91. The molecule has 0 fully saturated rings. The monoisotopic (exact) mass is 215 g/mol. The summed E-state index contributed by atoms with van der Waals surface area (Å²) in [6.45, 7) is 2.11. The number of hydrogen-bond acceptors (Lipinski definition) is 1. The number of nitrogens with one attached hydrogen (secondary N) is 1. The predicted octanol–water partition coefficient (Wildman–Crippen LogP) is 3.25. The Bertz CT molecular complexity index is 433. The van der Waals surface area contributed by atoms with Gasteiger partial charge in [0.05, 0.1) is 6.10 Å². The lowest BCUT2D eigenvalue weighted by atomic mass is 10.0. The molecule has 0 aliphatic heterocycles. The van der Waals surface area contributed by atoms with Gasteiger partial charge in [-0.05, 0) is 24.1 Å². The average Bonchev–Trinajstić information content (AvgIpc) is 2.73. The van der Waals surface area contributed by atoms with Crippen LogP contribution in [0.3, 0.4) is 0 Å². The van der Waals surface area contributed by atoms with Gasteiger partial charge < -0.3 is 9.72 Å². The Labute approximate surface area is 96.3 Å². The molecule has 1 atom stereocenters. The maximum atomic E-state index is 5.54. The van der Waals surface area contributed by atoms with Crippen LogP contribution in [0.2, 0.25) is 0 Å². The van der Waals surface area contributed by atoms with Crippen molar-refractivity contribution in [2.45, 2.75) is 19.4 Å². The van der Waals surface area contributed by atoms with Crippen molar-refractivity contribution >= 4 is 0 Å². The molecule has 0 aliphatic rings. The Morgan fingerprint density at radius 1 is 1.19 bits per heavy atom. The van der Waals surface area contributed by atoms with E-state index in [0.717, 1.165) is 6.42 Å². The highest BCUT2D eigenvalue weighted by molar-refractivity contribution is 5.23. The molecule has 1 N–H and O–H groups in total. The minimum atomic E-state index is 0.124. The molecule has 2 aromatic rings. The number of rotatable bonds is 4. The van der Waals surface area contributed by atoms with Crippen LogP contribution in [0.5, 0.6) is 0 Å². The van der Waals surface area contributed by atoms with Gasteiger partial charge in [0, 0.05) is 25.4 Å². The highest BCUT2D eigenvalue weighted by Crippen LogP contribution is 2.22. The molecule has 16 heavy (non-hydrogen) atoms. The number of ether oxygens (including phenoxy) is 1. The van der Waals surface area contributed by atoms with Gasteiger partial charge >= 0.3 is 0 Å². The smallest absolute Gasteiger partial charge is 0.0875 e. The van der Waals surface area contributed by atoms with Crippen molar-refractivity contribution in [3.05, 3.63) is 59.4 Å². The standard InChI is InChI=1S/C14H17NO/c1-11-8-9-15-13(11)10-14(16-2)12-6-4-3-5-7-12/h3-9,14-15H,10H2,1-2H3. The van der Waals surface area contributed by atoms with E-state index >= 15 is 0 Å². The predicted molar refractivity (Wildman–Crippen MR) is 65.4 cm³/mol. The van der Waals surface area contributed by atoms with Crippen molar-refractivity contribution < 1.29 is 4.74 Å². The molecule has 1 aromatic heterocycles.